The fourth-order valence-corrected chi connectivity index (χ4v) is 2.48. The molecule has 1 aromatic heterocycles. The van der Waals surface area contributed by atoms with Gasteiger partial charge in [0.05, 0.1) is 6.10 Å². The van der Waals surface area contributed by atoms with Gasteiger partial charge in [-0.1, -0.05) is 13.3 Å². The van der Waals surface area contributed by atoms with Crippen molar-refractivity contribution in [2.45, 2.75) is 45.8 Å². The molecule has 15 heavy (non-hydrogen) atoms. The first-order valence-corrected chi connectivity index (χ1v) is 6.42. The Morgan fingerprint density at radius 3 is 2.67 bits per heavy atom. The average Bonchev–Trinajstić information content (AvgIpc) is 2.63. The van der Waals surface area contributed by atoms with Crippen molar-refractivity contribution in [1.82, 2.24) is 0 Å². The molecule has 0 fully saturated rings. The summed E-state index contributed by atoms with van der Waals surface area (Å²) in [5.74, 6) is 0. The topological polar surface area (TPSA) is 29.5 Å². The van der Waals surface area contributed by atoms with Gasteiger partial charge in [-0.25, -0.2) is 0 Å². The lowest BCUT2D eigenvalue weighted by atomic mass is 10.0. The highest BCUT2D eigenvalue weighted by Gasteiger charge is 2.22. The van der Waals surface area contributed by atoms with E-state index < -0.39 is 6.10 Å². The summed E-state index contributed by atoms with van der Waals surface area (Å²) in [5.41, 5.74) is 1.02. The SMILES string of the molecule is CCCC(OCC)C(O)c1ccsc1C. The second-order valence-electron chi connectivity index (χ2n) is 3.66. The lowest BCUT2D eigenvalue weighted by Crippen LogP contribution is -2.22. The van der Waals surface area contributed by atoms with E-state index in [9.17, 15) is 5.11 Å². The molecule has 0 radical (unpaired) electrons. The summed E-state index contributed by atoms with van der Waals surface area (Å²) in [7, 11) is 0. The van der Waals surface area contributed by atoms with Gasteiger partial charge in [0.25, 0.3) is 0 Å². The molecule has 2 nitrogen and oxygen atoms in total. The van der Waals surface area contributed by atoms with Gasteiger partial charge in [0.1, 0.15) is 6.10 Å². The molecule has 1 heterocycles. The van der Waals surface area contributed by atoms with Crippen LogP contribution in [0.15, 0.2) is 11.4 Å². The number of aliphatic hydroxyl groups excluding tert-OH is 1. The van der Waals surface area contributed by atoms with Gasteiger partial charge < -0.3 is 9.84 Å². The minimum Gasteiger partial charge on any atom is -0.386 e. The predicted molar refractivity (Wildman–Crippen MR) is 64.3 cm³/mol. The molecule has 1 rings (SSSR count). The van der Waals surface area contributed by atoms with E-state index in [1.54, 1.807) is 11.3 Å². The van der Waals surface area contributed by atoms with Gasteiger partial charge in [-0.15, -0.1) is 11.3 Å². The normalized spacial score (nSPS) is 15.2. The summed E-state index contributed by atoms with van der Waals surface area (Å²) in [4.78, 5) is 1.18. The van der Waals surface area contributed by atoms with E-state index in [1.807, 2.05) is 25.3 Å². The van der Waals surface area contributed by atoms with Crippen LogP contribution in [0.2, 0.25) is 0 Å². The van der Waals surface area contributed by atoms with Crippen molar-refractivity contribution in [2.24, 2.45) is 0 Å². The van der Waals surface area contributed by atoms with Crippen molar-refractivity contribution in [1.29, 1.82) is 0 Å². The maximum atomic E-state index is 10.2. The van der Waals surface area contributed by atoms with Crippen molar-refractivity contribution in [3.63, 3.8) is 0 Å². The number of aryl methyl sites for hydroxylation is 1. The molecular formula is C12H20O2S. The van der Waals surface area contributed by atoms with Crippen molar-refractivity contribution in [3.8, 4) is 0 Å². The molecule has 2 atom stereocenters. The number of rotatable bonds is 6. The monoisotopic (exact) mass is 228 g/mol. The molecule has 0 aromatic carbocycles. The fraction of sp³-hybridized carbons (Fsp3) is 0.667. The van der Waals surface area contributed by atoms with Gasteiger partial charge in [-0.3, -0.25) is 0 Å². The summed E-state index contributed by atoms with van der Waals surface area (Å²) in [6.07, 6.45) is 1.40. The Kier molecular flexibility index (Phi) is 5.29. The summed E-state index contributed by atoms with van der Waals surface area (Å²) < 4.78 is 5.58. The average molecular weight is 228 g/mol. The minimum absolute atomic E-state index is 0.0618. The largest absolute Gasteiger partial charge is 0.386 e. The van der Waals surface area contributed by atoms with Gasteiger partial charge in [0, 0.05) is 11.5 Å². The van der Waals surface area contributed by atoms with Crippen LogP contribution in [-0.4, -0.2) is 17.8 Å². The zero-order valence-corrected chi connectivity index (χ0v) is 10.5. The van der Waals surface area contributed by atoms with Crippen LogP contribution in [0.25, 0.3) is 0 Å². The third-order valence-corrected chi connectivity index (χ3v) is 3.39. The van der Waals surface area contributed by atoms with Crippen LogP contribution in [0, 0.1) is 6.92 Å². The van der Waals surface area contributed by atoms with E-state index in [2.05, 4.69) is 6.92 Å². The van der Waals surface area contributed by atoms with Crippen molar-refractivity contribution < 1.29 is 9.84 Å². The van der Waals surface area contributed by atoms with Crippen LogP contribution in [0.3, 0.4) is 0 Å². The first-order valence-electron chi connectivity index (χ1n) is 5.54. The Hall–Kier alpha value is -0.380. The molecule has 1 aromatic rings. The first-order chi connectivity index (χ1) is 7.20. The highest BCUT2D eigenvalue weighted by atomic mass is 32.1. The van der Waals surface area contributed by atoms with Crippen LogP contribution in [0.5, 0.6) is 0 Å². The first kappa shape index (κ1) is 12.7. The zero-order chi connectivity index (χ0) is 11.3. The molecule has 0 amide bonds. The van der Waals surface area contributed by atoms with Crippen molar-refractivity contribution in [3.05, 3.63) is 21.9 Å². The summed E-state index contributed by atoms with van der Waals surface area (Å²) in [6.45, 7) is 6.78. The smallest absolute Gasteiger partial charge is 0.106 e. The van der Waals surface area contributed by atoms with Crippen LogP contribution >= 0.6 is 11.3 Å². The molecule has 1 N–H and O–H groups in total. The molecule has 0 aliphatic carbocycles. The standard InChI is InChI=1S/C12H20O2S/c1-4-6-11(14-5-2)12(13)10-7-8-15-9(10)3/h7-8,11-13H,4-6H2,1-3H3. The Morgan fingerprint density at radius 1 is 1.47 bits per heavy atom. The van der Waals surface area contributed by atoms with Crippen LogP contribution < -0.4 is 0 Å². The Morgan fingerprint density at radius 2 is 2.20 bits per heavy atom. The van der Waals surface area contributed by atoms with E-state index in [0.717, 1.165) is 18.4 Å². The zero-order valence-electron chi connectivity index (χ0n) is 9.69. The van der Waals surface area contributed by atoms with Crippen LogP contribution in [0.1, 0.15) is 43.2 Å². The van der Waals surface area contributed by atoms with E-state index >= 15 is 0 Å². The molecule has 0 saturated heterocycles. The minimum atomic E-state index is -0.476. The second-order valence-corrected chi connectivity index (χ2v) is 4.78. The molecule has 2 unspecified atom stereocenters. The summed E-state index contributed by atoms with van der Waals surface area (Å²) >= 11 is 1.67. The second kappa shape index (κ2) is 6.26. The van der Waals surface area contributed by atoms with Gasteiger partial charge in [0.2, 0.25) is 0 Å². The maximum Gasteiger partial charge on any atom is 0.106 e. The molecule has 3 heteroatoms. The van der Waals surface area contributed by atoms with E-state index in [1.165, 1.54) is 4.88 Å². The quantitative estimate of drug-likeness (QED) is 0.809. The van der Waals surface area contributed by atoms with E-state index in [-0.39, 0.29) is 6.10 Å². The van der Waals surface area contributed by atoms with Crippen LogP contribution in [0.4, 0.5) is 0 Å². The Bertz CT molecular complexity index is 277. The van der Waals surface area contributed by atoms with E-state index in [0.29, 0.717) is 6.61 Å². The molecule has 0 bridgehead atoms. The number of hydrogen-bond acceptors (Lipinski definition) is 3. The van der Waals surface area contributed by atoms with Gasteiger partial charge in [-0.2, -0.15) is 0 Å². The van der Waals surface area contributed by atoms with Crippen LogP contribution in [-0.2, 0) is 4.74 Å². The summed E-state index contributed by atoms with van der Waals surface area (Å²) in [6, 6.07) is 1.99. The number of aliphatic hydroxyl groups is 1. The summed E-state index contributed by atoms with van der Waals surface area (Å²) in [5, 5.41) is 12.2. The van der Waals surface area contributed by atoms with E-state index in [4.69, 9.17) is 4.74 Å². The van der Waals surface area contributed by atoms with Crippen molar-refractivity contribution in [2.75, 3.05) is 6.61 Å². The third-order valence-electron chi connectivity index (χ3n) is 2.52. The van der Waals surface area contributed by atoms with Gasteiger partial charge in [-0.05, 0) is 37.3 Å². The number of hydrogen-bond donors (Lipinski definition) is 1. The lowest BCUT2D eigenvalue weighted by molar-refractivity contribution is -0.0385. The molecule has 0 saturated carbocycles. The highest BCUT2D eigenvalue weighted by molar-refractivity contribution is 7.10. The molecule has 0 aliphatic heterocycles. The molecular weight excluding hydrogens is 208 g/mol. The predicted octanol–water partition coefficient (Wildman–Crippen LogP) is 3.30. The highest BCUT2D eigenvalue weighted by Crippen LogP contribution is 2.28. The molecule has 0 spiro atoms. The van der Waals surface area contributed by atoms with Gasteiger partial charge in [0.15, 0.2) is 0 Å². The number of ether oxygens (including phenoxy) is 1. The third kappa shape index (κ3) is 3.30. The lowest BCUT2D eigenvalue weighted by Gasteiger charge is -2.22. The number of thiophene rings is 1. The Balaban J connectivity index is 2.71. The van der Waals surface area contributed by atoms with Gasteiger partial charge >= 0.3 is 0 Å². The Labute approximate surface area is 95.9 Å². The molecule has 0 aliphatic rings. The molecule has 86 valence electrons. The fourth-order valence-electron chi connectivity index (χ4n) is 1.73. The maximum absolute atomic E-state index is 10.2. The van der Waals surface area contributed by atoms with Crippen molar-refractivity contribution >= 4 is 11.3 Å².